The number of aliphatic carboxylic acids is 1. The molecule has 0 atom stereocenters. The van der Waals surface area contributed by atoms with Gasteiger partial charge in [0.25, 0.3) is 0 Å². The van der Waals surface area contributed by atoms with Crippen LogP contribution in [0.15, 0.2) is 30.4 Å². The van der Waals surface area contributed by atoms with Crippen molar-refractivity contribution in [1.82, 2.24) is 0 Å². The normalized spacial score (nSPS) is 11.8. The van der Waals surface area contributed by atoms with Crippen molar-refractivity contribution in [3.05, 3.63) is 41.5 Å². The fourth-order valence-electron chi connectivity index (χ4n) is 1.86. The van der Waals surface area contributed by atoms with Crippen LogP contribution >= 0.6 is 0 Å². The second-order valence-electron chi connectivity index (χ2n) is 5.56. The van der Waals surface area contributed by atoms with Gasteiger partial charge >= 0.3 is 5.97 Å². The Bertz CT molecular complexity index is 467. The van der Waals surface area contributed by atoms with Crippen LogP contribution in [0.1, 0.15) is 38.3 Å². The average molecular weight is 262 g/mol. The number of hydrogen-bond acceptors (Lipinski definition) is 2. The van der Waals surface area contributed by atoms with E-state index in [0.717, 1.165) is 17.7 Å². The van der Waals surface area contributed by atoms with Crippen LogP contribution < -0.4 is 4.74 Å². The van der Waals surface area contributed by atoms with E-state index in [1.54, 1.807) is 13.2 Å². The molecule has 0 unspecified atom stereocenters. The first kappa shape index (κ1) is 15.3. The third-order valence-corrected chi connectivity index (χ3v) is 2.99. The number of benzene rings is 1. The minimum absolute atomic E-state index is 0.0952. The lowest BCUT2D eigenvalue weighted by molar-refractivity contribution is -0.131. The molecule has 0 aliphatic rings. The van der Waals surface area contributed by atoms with Gasteiger partial charge in [-0.1, -0.05) is 39.0 Å². The van der Waals surface area contributed by atoms with Crippen LogP contribution in [0.25, 0.3) is 0 Å². The van der Waals surface area contributed by atoms with Crippen LogP contribution in [0, 0.1) is 0 Å². The fraction of sp³-hybridized carbons (Fsp3) is 0.438. The Morgan fingerprint density at radius 2 is 2.05 bits per heavy atom. The maximum Gasteiger partial charge on any atom is 0.327 e. The van der Waals surface area contributed by atoms with Gasteiger partial charge in [-0.05, 0) is 35.4 Å². The molecule has 0 fully saturated rings. The van der Waals surface area contributed by atoms with E-state index in [2.05, 4.69) is 32.9 Å². The number of carbonyl (C=O) groups is 1. The Labute approximate surface area is 114 Å². The average Bonchev–Trinajstić information content (AvgIpc) is 2.33. The molecular formula is C16H22O3. The first-order valence-electron chi connectivity index (χ1n) is 6.41. The highest BCUT2D eigenvalue weighted by atomic mass is 16.5. The summed E-state index contributed by atoms with van der Waals surface area (Å²) < 4.78 is 5.35. The number of ether oxygens (including phenoxy) is 1. The van der Waals surface area contributed by atoms with Gasteiger partial charge in [-0.25, -0.2) is 4.79 Å². The Morgan fingerprint density at radius 3 is 2.58 bits per heavy atom. The van der Waals surface area contributed by atoms with Crippen molar-refractivity contribution in [3.63, 3.8) is 0 Å². The number of allylic oxidation sites excluding steroid dienone is 1. The maximum absolute atomic E-state index is 10.4. The lowest BCUT2D eigenvalue weighted by atomic mass is 9.85. The van der Waals surface area contributed by atoms with Crippen molar-refractivity contribution in [1.29, 1.82) is 0 Å². The third kappa shape index (κ3) is 4.78. The summed E-state index contributed by atoms with van der Waals surface area (Å²) >= 11 is 0. The molecule has 0 heterocycles. The van der Waals surface area contributed by atoms with Gasteiger partial charge in [-0.3, -0.25) is 0 Å². The summed E-state index contributed by atoms with van der Waals surface area (Å²) in [5, 5.41) is 8.55. The molecule has 0 aliphatic heterocycles. The second-order valence-corrected chi connectivity index (χ2v) is 5.56. The van der Waals surface area contributed by atoms with Gasteiger partial charge in [-0.15, -0.1) is 0 Å². The molecule has 1 N–H and O–H groups in total. The van der Waals surface area contributed by atoms with Crippen LogP contribution in [0.5, 0.6) is 5.75 Å². The van der Waals surface area contributed by atoms with Crippen molar-refractivity contribution < 1.29 is 14.6 Å². The fourth-order valence-corrected chi connectivity index (χ4v) is 1.86. The third-order valence-electron chi connectivity index (χ3n) is 2.99. The number of methoxy groups -OCH3 is 1. The lowest BCUT2D eigenvalue weighted by Crippen LogP contribution is -2.11. The minimum Gasteiger partial charge on any atom is -0.496 e. The molecule has 0 saturated heterocycles. The molecule has 0 aromatic heterocycles. The van der Waals surface area contributed by atoms with Crippen LogP contribution in [-0.2, 0) is 16.6 Å². The van der Waals surface area contributed by atoms with Crippen molar-refractivity contribution in [3.8, 4) is 5.75 Å². The zero-order chi connectivity index (χ0) is 14.5. The van der Waals surface area contributed by atoms with Gasteiger partial charge in [-0.2, -0.15) is 0 Å². The van der Waals surface area contributed by atoms with Gasteiger partial charge in [0, 0.05) is 6.08 Å². The molecule has 1 rings (SSSR count). The van der Waals surface area contributed by atoms with Gasteiger partial charge in [0.1, 0.15) is 5.75 Å². The number of carboxylic acids is 1. The standard InChI is InChI=1S/C16H22O3/c1-16(2,3)13-9-10-14(19-4)12(11-13)7-5-6-8-15(17)18/h6,8-11H,5,7H2,1-4H3,(H,17,18)/b8-6+. The molecule has 1 aromatic rings. The Kier molecular flexibility index (Phi) is 5.16. The second kappa shape index (κ2) is 6.41. The van der Waals surface area contributed by atoms with E-state index < -0.39 is 5.97 Å². The molecule has 0 spiro atoms. The molecule has 0 radical (unpaired) electrons. The molecule has 3 heteroatoms. The van der Waals surface area contributed by atoms with Crippen LogP contribution in [0.4, 0.5) is 0 Å². The van der Waals surface area contributed by atoms with E-state index in [9.17, 15) is 4.79 Å². The predicted octanol–water partition coefficient (Wildman–Crippen LogP) is 3.57. The number of aryl methyl sites for hydroxylation is 1. The van der Waals surface area contributed by atoms with E-state index in [1.165, 1.54) is 11.6 Å². The first-order chi connectivity index (χ1) is 8.84. The highest BCUT2D eigenvalue weighted by molar-refractivity contribution is 5.79. The summed E-state index contributed by atoms with van der Waals surface area (Å²) in [5.74, 6) is -0.0490. The van der Waals surface area contributed by atoms with Gasteiger partial charge in [0.05, 0.1) is 7.11 Å². The maximum atomic E-state index is 10.4. The quantitative estimate of drug-likeness (QED) is 0.825. The predicted molar refractivity (Wildman–Crippen MR) is 76.8 cm³/mol. The molecule has 1 aromatic carbocycles. The van der Waals surface area contributed by atoms with Crippen LogP contribution in [0.3, 0.4) is 0 Å². The molecule has 0 amide bonds. The molecule has 104 valence electrons. The van der Waals surface area contributed by atoms with Crippen molar-refractivity contribution in [2.45, 2.75) is 39.0 Å². The van der Waals surface area contributed by atoms with E-state index >= 15 is 0 Å². The lowest BCUT2D eigenvalue weighted by Gasteiger charge is -2.21. The number of rotatable bonds is 5. The topological polar surface area (TPSA) is 46.5 Å². The molecule has 3 nitrogen and oxygen atoms in total. The minimum atomic E-state index is -0.907. The first-order valence-corrected chi connectivity index (χ1v) is 6.41. The monoisotopic (exact) mass is 262 g/mol. The highest BCUT2D eigenvalue weighted by Crippen LogP contribution is 2.28. The van der Waals surface area contributed by atoms with Gasteiger partial charge < -0.3 is 9.84 Å². The number of hydrogen-bond donors (Lipinski definition) is 1. The van der Waals surface area contributed by atoms with E-state index in [0.29, 0.717) is 6.42 Å². The largest absolute Gasteiger partial charge is 0.496 e. The summed E-state index contributed by atoms with van der Waals surface area (Å²) in [5.41, 5.74) is 2.47. The van der Waals surface area contributed by atoms with E-state index in [-0.39, 0.29) is 5.41 Å². The summed E-state index contributed by atoms with van der Waals surface area (Å²) in [4.78, 5) is 10.4. The van der Waals surface area contributed by atoms with Crippen molar-refractivity contribution in [2.24, 2.45) is 0 Å². The van der Waals surface area contributed by atoms with Gasteiger partial charge in [0.2, 0.25) is 0 Å². The molecular weight excluding hydrogens is 240 g/mol. The Hall–Kier alpha value is -1.77. The summed E-state index contributed by atoms with van der Waals surface area (Å²) in [7, 11) is 1.66. The van der Waals surface area contributed by atoms with Crippen LogP contribution in [0.2, 0.25) is 0 Å². The summed E-state index contributed by atoms with van der Waals surface area (Å²) in [6.45, 7) is 6.51. The Balaban J connectivity index is 2.88. The molecule has 0 aliphatic carbocycles. The molecule has 19 heavy (non-hydrogen) atoms. The van der Waals surface area contributed by atoms with Gasteiger partial charge in [0.15, 0.2) is 0 Å². The van der Waals surface area contributed by atoms with Crippen LogP contribution in [-0.4, -0.2) is 18.2 Å². The zero-order valence-corrected chi connectivity index (χ0v) is 12.1. The smallest absolute Gasteiger partial charge is 0.327 e. The SMILES string of the molecule is COc1ccc(C(C)(C)C)cc1CC/C=C/C(=O)O. The van der Waals surface area contributed by atoms with Crippen molar-refractivity contribution >= 4 is 5.97 Å². The summed E-state index contributed by atoms with van der Waals surface area (Å²) in [6.07, 6.45) is 4.32. The zero-order valence-electron chi connectivity index (χ0n) is 12.1. The number of carboxylic acid groups (broad SMARTS) is 1. The molecule has 0 bridgehead atoms. The molecule has 0 saturated carbocycles. The van der Waals surface area contributed by atoms with Crippen molar-refractivity contribution in [2.75, 3.05) is 7.11 Å². The summed E-state index contributed by atoms with van der Waals surface area (Å²) in [6, 6.07) is 6.21. The highest BCUT2D eigenvalue weighted by Gasteiger charge is 2.15. The Morgan fingerprint density at radius 1 is 1.37 bits per heavy atom. The van der Waals surface area contributed by atoms with E-state index in [1.807, 2.05) is 6.07 Å². The van der Waals surface area contributed by atoms with E-state index in [4.69, 9.17) is 9.84 Å².